The maximum atomic E-state index is 13.4. The quantitative estimate of drug-likeness (QED) is 0.571. The Balaban J connectivity index is 1.68. The molecule has 2 aromatic rings. The van der Waals surface area contributed by atoms with E-state index in [1.54, 1.807) is 0 Å². The van der Waals surface area contributed by atoms with Crippen LogP contribution in [0.25, 0.3) is 0 Å². The molecule has 27 heavy (non-hydrogen) atoms. The molecule has 3 nitrogen and oxygen atoms in total. The molecule has 1 fully saturated rings. The number of halogens is 2. The van der Waals surface area contributed by atoms with Crippen molar-refractivity contribution < 1.29 is 23.0 Å². The Bertz CT molecular complexity index is 944. The Morgan fingerprint density at radius 1 is 1.19 bits per heavy atom. The molecule has 0 spiro atoms. The second-order valence-corrected chi connectivity index (χ2v) is 7.27. The second-order valence-electron chi connectivity index (χ2n) is 7.27. The van der Waals surface area contributed by atoms with Crippen LogP contribution >= 0.6 is 0 Å². The average molecular weight is 370 g/mol. The van der Waals surface area contributed by atoms with E-state index in [1.807, 2.05) is 19.9 Å². The van der Waals surface area contributed by atoms with Crippen molar-refractivity contribution in [2.45, 2.75) is 39.4 Å². The molecule has 0 amide bonds. The van der Waals surface area contributed by atoms with Gasteiger partial charge in [0.25, 0.3) is 0 Å². The molecule has 1 aliphatic heterocycles. The van der Waals surface area contributed by atoms with Gasteiger partial charge in [0.1, 0.15) is 30.1 Å². The summed E-state index contributed by atoms with van der Waals surface area (Å²) in [6.45, 7) is 7.86. The summed E-state index contributed by atoms with van der Waals surface area (Å²) in [4.78, 5) is 12.0. The molecule has 1 aliphatic carbocycles. The van der Waals surface area contributed by atoms with E-state index in [-0.39, 0.29) is 24.6 Å². The third kappa shape index (κ3) is 3.01. The minimum atomic E-state index is -0.633. The Kier molecular flexibility index (Phi) is 4.25. The van der Waals surface area contributed by atoms with Crippen LogP contribution in [0.2, 0.25) is 0 Å². The fourth-order valence-electron chi connectivity index (χ4n) is 4.18. The third-order valence-corrected chi connectivity index (χ3v) is 5.54. The lowest BCUT2D eigenvalue weighted by molar-refractivity contribution is -0.139. The number of benzene rings is 2. The van der Waals surface area contributed by atoms with Crippen molar-refractivity contribution in [1.82, 2.24) is 0 Å². The zero-order valence-electron chi connectivity index (χ0n) is 15.3. The van der Waals surface area contributed by atoms with Crippen LogP contribution in [-0.4, -0.2) is 5.97 Å². The molecule has 0 bridgehead atoms. The van der Waals surface area contributed by atoms with Crippen LogP contribution in [0, 0.1) is 31.4 Å². The zero-order chi connectivity index (χ0) is 19.3. The Morgan fingerprint density at radius 2 is 1.89 bits per heavy atom. The summed E-state index contributed by atoms with van der Waals surface area (Å²) in [6, 6.07) is 5.28. The van der Waals surface area contributed by atoms with E-state index >= 15 is 0 Å². The highest BCUT2D eigenvalue weighted by atomic mass is 19.1. The maximum Gasteiger partial charge on any atom is 0.334 e. The molecule has 5 heteroatoms. The summed E-state index contributed by atoms with van der Waals surface area (Å²) >= 11 is 0. The first-order chi connectivity index (χ1) is 12.8. The predicted octanol–water partition coefficient (Wildman–Crippen LogP) is 4.88. The van der Waals surface area contributed by atoms with Crippen molar-refractivity contribution in [2.75, 3.05) is 0 Å². The third-order valence-electron chi connectivity index (χ3n) is 5.54. The summed E-state index contributed by atoms with van der Waals surface area (Å²) in [5.74, 6) is -0.977. The number of fused-ring (bicyclic) bond motifs is 3. The van der Waals surface area contributed by atoms with Crippen LogP contribution in [0.5, 0.6) is 5.75 Å². The molecule has 1 unspecified atom stereocenters. The molecule has 2 aliphatic rings. The smallest absolute Gasteiger partial charge is 0.334 e. The van der Waals surface area contributed by atoms with Gasteiger partial charge in [-0.2, -0.15) is 0 Å². The molecular weight excluding hydrogens is 350 g/mol. The zero-order valence-corrected chi connectivity index (χ0v) is 15.3. The lowest BCUT2D eigenvalue weighted by Crippen LogP contribution is -2.20. The number of rotatable bonds is 3. The molecule has 0 aromatic heterocycles. The van der Waals surface area contributed by atoms with Gasteiger partial charge in [-0.05, 0) is 67.1 Å². The van der Waals surface area contributed by atoms with E-state index in [9.17, 15) is 13.6 Å². The van der Waals surface area contributed by atoms with Gasteiger partial charge in [0.05, 0.1) is 0 Å². The lowest BCUT2D eigenvalue weighted by Gasteiger charge is -2.30. The average Bonchev–Trinajstić information content (AvgIpc) is 2.90. The Labute approximate surface area is 156 Å². The second kappa shape index (κ2) is 6.48. The first kappa shape index (κ1) is 17.7. The van der Waals surface area contributed by atoms with Gasteiger partial charge in [0, 0.05) is 23.1 Å². The molecular formula is C22H20F2O3. The van der Waals surface area contributed by atoms with Crippen molar-refractivity contribution in [3.05, 3.63) is 75.9 Å². The number of ether oxygens (including phenoxy) is 2. The van der Waals surface area contributed by atoms with E-state index in [0.717, 1.165) is 35.6 Å². The van der Waals surface area contributed by atoms with Crippen LogP contribution in [0.1, 0.15) is 40.3 Å². The van der Waals surface area contributed by atoms with Crippen molar-refractivity contribution >= 4 is 5.97 Å². The highest BCUT2D eigenvalue weighted by molar-refractivity contribution is 5.91. The number of carbonyl (C=O) groups is 1. The van der Waals surface area contributed by atoms with Gasteiger partial charge in [-0.1, -0.05) is 6.58 Å². The number of carbonyl (C=O) groups excluding carboxylic acids is 1. The van der Waals surface area contributed by atoms with E-state index < -0.39 is 11.6 Å². The molecule has 1 saturated heterocycles. The topological polar surface area (TPSA) is 35.5 Å². The number of hydrogen-bond donors (Lipinski definition) is 0. The number of aryl methyl sites for hydroxylation is 1. The first-order valence-electron chi connectivity index (χ1n) is 8.95. The van der Waals surface area contributed by atoms with Gasteiger partial charge in [0.15, 0.2) is 0 Å². The molecule has 2 atom stereocenters. The van der Waals surface area contributed by atoms with Crippen LogP contribution in [0.3, 0.4) is 0 Å². The summed E-state index contributed by atoms with van der Waals surface area (Å²) < 4.78 is 38.3. The monoisotopic (exact) mass is 370 g/mol. The summed E-state index contributed by atoms with van der Waals surface area (Å²) in [5, 5.41) is 0. The molecule has 4 rings (SSSR count). The van der Waals surface area contributed by atoms with Crippen LogP contribution in [-0.2, 0) is 22.6 Å². The molecule has 0 saturated carbocycles. The molecule has 2 aromatic carbocycles. The predicted molar refractivity (Wildman–Crippen MR) is 96.4 cm³/mol. The van der Waals surface area contributed by atoms with Crippen molar-refractivity contribution in [3.63, 3.8) is 0 Å². The van der Waals surface area contributed by atoms with E-state index in [2.05, 4.69) is 6.58 Å². The van der Waals surface area contributed by atoms with Crippen LogP contribution in [0.15, 0.2) is 36.4 Å². The lowest BCUT2D eigenvalue weighted by atomic mass is 9.76. The fraction of sp³-hybridized carbons (Fsp3) is 0.318. The summed E-state index contributed by atoms with van der Waals surface area (Å²) in [7, 11) is 0. The van der Waals surface area contributed by atoms with Crippen molar-refractivity contribution in [1.29, 1.82) is 0 Å². The Hall–Kier alpha value is -2.69. The number of hydrogen-bond acceptors (Lipinski definition) is 3. The van der Waals surface area contributed by atoms with Gasteiger partial charge in [-0.15, -0.1) is 0 Å². The minimum absolute atomic E-state index is 0.00401. The normalized spacial score (nSPS) is 20.9. The summed E-state index contributed by atoms with van der Waals surface area (Å²) in [5.41, 5.74) is 5.07. The molecule has 0 N–H and O–H groups in total. The highest BCUT2D eigenvalue weighted by Crippen LogP contribution is 2.49. The SMILES string of the molecule is C=C1C(=O)O[C@H]2c3c(C)c(OCc4cc(F)cc(F)c4)cc(C)c3CCC12. The van der Waals surface area contributed by atoms with Gasteiger partial charge >= 0.3 is 5.97 Å². The van der Waals surface area contributed by atoms with E-state index in [4.69, 9.17) is 9.47 Å². The van der Waals surface area contributed by atoms with Gasteiger partial charge in [0.2, 0.25) is 0 Å². The number of esters is 1. The standard InChI is InChI=1S/C22H20F2O3/c1-11-6-19(26-10-14-7-15(23)9-16(24)8-14)13(3)20-17(11)4-5-18-12(2)22(25)27-21(18)20/h6-9,18,21H,2,4-5,10H2,1,3H3/t18?,21-/m1/s1. The van der Waals surface area contributed by atoms with Gasteiger partial charge in [-0.3, -0.25) is 0 Å². The maximum absolute atomic E-state index is 13.4. The Morgan fingerprint density at radius 3 is 2.59 bits per heavy atom. The molecule has 0 radical (unpaired) electrons. The van der Waals surface area contributed by atoms with Crippen molar-refractivity contribution in [2.24, 2.45) is 5.92 Å². The van der Waals surface area contributed by atoms with Gasteiger partial charge in [-0.25, -0.2) is 13.6 Å². The largest absolute Gasteiger partial charge is 0.489 e. The summed E-state index contributed by atoms with van der Waals surface area (Å²) in [6.07, 6.45) is 1.36. The van der Waals surface area contributed by atoms with Gasteiger partial charge < -0.3 is 9.47 Å². The van der Waals surface area contributed by atoms with E-state index in [0.29, 0.717) is 16.9 Å². The fourth-order valence-corrected chi connectivity index (χ4v) is 4.18. The van der Waals surface area contributed by atoms with Crippen LogP contribution < -0.4 is 4.74 Å². The molecule has 140 valence electrons. The first-order valence-corrected chi connectivity index (χ1v) is 8.95. The van der Waals surface area contributed by atoms with Crippen LogP contribution in [0.4, 0.5) is 8.78 Å². The highest BCUT2D eigenvalue weighted by Gasteiger charge is 2.44. The van der Waals surface area contributed by atoms with Crippen molar-refractivity contribution in [3.8, 4) is 5.75 Å². The minimum Gasteiger partial charge on any atom is -0.489 e. The molecule has 1 heterocycles. The van der Waals surface area contributed by atoms with E-state index in [1.165, 1.54) is 17.7 Å².